The molecule has 1 aliphatic rings. The van der Waals surface area contributed by atoms with Crippen LogP contribution < -0.4 is 5.32 Å². The van der Waals surface area contributed by atoms with Crippen LogP contribution in [0.5, 0.6) is 0 Å². The van der Waals surface area contributed by atoms with Gasteiger partial charge in [0.25, 0.3) is 0 Å². The molecule has 0 aliphatic carbocycles. The minimum Gasteiger partial charge on any atom is -0.339 e. The van der Waals surface area contributed by atoms with Crippen molar-refractivity contribution in [3.05, 3.63) is 58.0 Å². The number of amides is 1. The molecule has 0 saturated heterocycles. The normalized spacial score (nSPS) is 14.0. The van der Waals surface area contributed by atoms with Crippen LogP contribution in [0, 0.1) is 5.82 Å². The molecule has 0 saturated carbocycles. The number of nitrogens with zero attached hydrogens (tertiary/aromatic N) is 4. The van der Waals surface area contributed by atoms with Gasteiger partial charge in [-0.3, -0.25) is 4.79 Å². The lowest BCUT2D eigenvalue weighted by Gasteiger charge is -2.26. The van der Waals surface area contributed by atoms with Crippen molar-refractivity contribution in [2.24, 2.45) is 0 Å². The van der Waals surface area contributed by atoms with Crippen LogP contribution in [-0.4, -0.2) is 52.9 Å². The van der Waals surface area contributed by atoms with Crippen molar-refractivity contribution in [2.75, 3.05) is 32.5 Å². The van der Waals surface area contributed by atoms with Gasteiger partial charge in [-0.25, -0.2) is 14.4 Å². The van der Waals surface area contributed by atoms with Gasteiger partial charge in [-0.2, -0.15) is 0 Å². The zero-order valence-corrected chi connectivity index (χ0v) is 18.2. The number of nitrogens with one attached hydrogen (secondary N) is 1. The second-order valence-electron chi connectivity index (χ2n) is 7.33. The predicted octanol–water partition coefficient (Wildman–Crippen LogP) is 4.23. The lowest BCUT2D eigenvalue weighted by atomic mass is 10.0. The number of thiophene rings is 1. The molecule has 1 aliphatic heterocycles. The first kappa shape index (κ1) is 20.7. The van der Waals surface area contributed by atoms with Crippen LogP contribution in [0.25, 0.3) is 10.2 Å². The first-order valence-corrected chi connectivity index (χ1v) is 10.7. The van der Waals surface area contributed by atoms with Gasteiger partial charge in [-0.05, 0) is 44.3 Å². The zero-order valence-electron chi connectivity index (χ0n) is 16.7. The summed E-state index contributed by atoms with van der Waals surface area (Å²) in [6, 6.07) is 4.56. The molecule has 3 aromatic rings. The lowest BCUT2D eigenvalue weighted by Crippen LogP contribution is -2.34. The Hall–Kier alpha value is -2.55. The molecule has 30 heavy (non-hydrogen) atoms. The molecular weight excluding hydrogens is 425 g/mol. The van der Waals surface area contributed by atoms with E-state index in [0.29, 0.717) is 24.6 Å². The summed E-state index contributed by atoms with van der Waals surface area (Å²) in [5, 5.41) is 4.19. The highest BCUT2D eigenvalue weighted by molar-refractivity contribution is 7.19. The summed E-state index contributed by atoms with van der Waals surface area (Å²) >= 11 is 7.34. The fraction of sp³-hybridized carbons (Fsp3) is 0.286. The average molecular weight is 446 g/mol. The molecule has 1 aromatic carbocycles. The minimum atomic E-state index is -0.490. The van der Waals surface area contributed by atoms with Gasteiger partial charge < -0.3 is 15.1 Å². The molecule has 0 spiro atoms. The molecule has 156 valence electrons. The Morgan fingerprint density at radius 1 is 1.40 bits per heavy atom. The molecule has 0 atom stereocenters. The number of carbonyl (C=O) groups is 1. The topological polar surface area (TPSA) is 61.4 Å². The fourth-order valence-electron chi connectivity index (χ4n) is 3.39. The summed E-state index contributed by atoms with van der Waals surface area (Å²) in [5.41, 5.74) is 1.71. The van der Waals surface area contributed by atoms with Crippen LogP contribution in [0.3, 0.4) is 0 Å². The largest absolute Gasteiger partial charge is 0.339 e. The van der Waals surface area contributed by atoms with E-state index in [1.54, 1.807) is 23.5 Å². The summed E-state index contributed by atoms with van der Waals surface area (Å²) in [6.45, 7) is 1.91. The maximum Gasteiger partial charge on any atom is 0.246 e. The molecule has 9 heteroatoms. The average Bonchev–Trinajstić information content (AvgIpc) is 3.09. The van der Waals surface area contributed by atoms with Gasteiger partial charge in [0.2, 0.25) is 5.91 Å². The van der Waals surface area contributed by atoms with Crippen LogP contribution in [0.1, 0.15) is 10.4 Å². The molecule has 4 rings (SSSR count). The van der Waals surface area contributed by atoms with E-state index in [2.05, 4.69) is 15.3 Å². The standard InChI is InChI=1S/C21H21ClFN5OS/c1-27(2)8-3-4-18(29)28-9-7-14-17(11-28)30-21-19(14)20(24-12-25-21)26-13-5-6-15(22)16(23)10-13/h3-6,10,12H,7-9,11H2,1-2H3,(H,24,25,26). The van der Waals surface area contributed by atoms with E-state index < -0.39 is 5.82 Å². The molecule has 3 heterocycles. The van der Waals surface area contributed by atoms with Crippen LogP contribution in [0.15, 0.2) is 36.7 Å². The number of rotatable bonds is 5. The Morgan fingerprint density at radius 3 is 3.00 bits per heavy atom. The Balaban J connectivity index is 1.59. The fourth-order valence-corrected chi connectivity index (χ4v) is 4.71. The van der Waals surface area contributed by atoms with E-state index in [1.807, 2.05) is 30.0 Å². The summed E-state index contributed by atoms with van der Waals surface area (Å²) < 4.78 is 13.8. The highest BCUT2D eigenvalue weighted by atomic mass is 35.5. The highest BCUT2D eigenvalue weighted by Gasteiger charge is 2.25. The van der Waals surface area contributed by atoms with Crippen molar-refractivity contribution < 1.29 is 9.18 Å². The SMILES string of the molecule is CN(C)CC=CC(=O)N1CCc2c(sc3ncnc(Nc4ccc(Cl)c(F)c4)c23)C1. The minimum absolute atomic E-state index is 0.0148. The molecule has 0 radical (unpaired) electrons. The second kappa shape index (κ2) is 8.67. The van der Waals surface area contributed by atoms with Gasteiger partial charge in [0.05, 0.1) is 17.0 Å². The van der Waals surface area contributed by atoms with Crippen molar-refractivity contribution >= 4 is 50.6 Å². The molecule has 6 nitrogen and oxygen atoms in total. The van der Waals surface area contributed by atoms with E-state index in [9.17, 15) is 9.18 Å². The van der Waals surface area contributed by atoms with E-state index in [0.717, 1.165) is 33.6 Å². The number of likely N-dealkylation sites (N-methyl/N-ethyl adjacent to an activating group) is 1. The van der Waals surface area contributed by atoms with E-state index >= 15 is 0 Å². The van der Waals surface area contributed by atoms with Gasteiger partial charge in [0.1, 0.15) is 22.8 Å². The maximum atomic E-state index is 13.8. The van der Waals surface area contributed by atoms with Crippen molar-refractivity contribution in [1.82, 2.24) is 19.8 Å². The van der Waals surface area contributed by atoms with Crippen LogP contribution in [-0.2, 0) is 17.8 Å². The number of hydrogen-bond donors (Lipinski definition) is 1. The number of anilines is 2. The number of fused-ring (bicyclic) bond motifs is 3. The van der Waals surface area contributed by atoms with Crippen molar-refractivity contribution in [3.8, 4) is 0 Å². The molecule has 1 N–H and O–H groups in total. The number of benzene rings is 1. The Bertz CT molecular complexity index is 1130. The maximum absolute atomic E-state index is 13.8. The Labute approximate surface area is 183 Å². The number of hydrogen-bond acceptors (Lipinski definition) is 6. The van der Waals surface area contributed by atoms with Crippen LogP contribution in [0.4, 0.5) is 15.9 Å². The first-order chi connectivity index (χ1) is 14.4. The smallest absolute Gasteiger partial charge is 0.246 e. The molecular formula is C21H21ClFN5OS. The Morgan fingerprint density at radius 2 is 2.23 bits per heavy atom. The molecule has 0 unspecified atom stereocenters. The van der Waals surface area contributed by atoms with E-state index in [-0.39, 0.29) is 10.9 Å². The third-order valence-corrected chi connectivity index (χ3v) is 6.29. The van der Waals surface area contributed by atoms with Crippen LogP contribution in [0.2, 0.25) is 5.02 Å². The van der Waals surface area contributed by atoms with Gasteiger partial charge in [-0.1, -0.05) is 17.7 Å². The molecule has 0 fully saturated rings. The van der Waals surface area contributed by atoms with Gasteiger partial charge >= 0.3 is 0 Å². The zero-order chi connectivity index (χ0) is 21.3. The van der Waals surface area contributed by atoms with E-state index in [4.69, 9.17) is 11.6 Å². The lowest BCUT2D eigenvalue weighted by molar-refractivity contribution is -0.126. The monoisotopic (exact) mass is 445 g/mol. The van der Waals surface area contributed by atoms with Crippen molar-refractivity contribution in [3.63, 3.8) is 0 Å². The number of carbonyl (C=O) groups excluding carboxylic acids is 1. The number of aromatic nitrogens is 2. The molecule has 2 aromatic heterocycles. The second-order valence-corrected chi connectivity index (χ2v) is 8.83. The summed E-state index contributed by atoms with van der Waals surface area (Å²) in [5.74, 6) is 0.154. The van der Waals surface area contributed by atoms with Crippen LogP contribution >= 0.6 is 22.9 Å². The molecule has 1 amide bonds. The highest BCUT2D eigenvalue weighted by Crippen LogP contribution is 2.38. The van der Waals surface area contributed by atoms with E-state index in [1.165, 1.54) is 18.5 Å². The summed E-state index contributed by atoms with van der Waals surface area (Å²) in [6.07, 6.45) is 5.73. The van der Waals surface area contributed by atoms with Gasteiger partial charge in [0.15, 0.2) is 0 Å². The quantitative estimate of drug-likeness (QED) is 0.595. The third-order valence-electron chi connectivity index (χ3n) is 4.86. The summed E-state index contributed by atoms with van der Waals surface area (Å²) in [7, 11) is 3.93. The Kier molecular flexibility index (Phi) is 5.99. The first-order valence-electron chi connectivity index (χ1n) is 9.50. The van der Waals surface area contributed by atoms with Gasteiger partial charge in [-0.15, -0.1) is 11.3 Å². The van der Waals surface area contributed by atoms with Gasteiger partial charge in [0, 0.05) is 29.7 Å². The van der Waals surface area contributed by atoms with Crippen molar-refractivity contribution in [1.29, 1.82) is 0 Å². The molecule has 0 bridgehead atoms. The predicted molar refractivity (Wildman–Crippen MR) is 119 cm³/mol. The third kappa shape index (κ3) is 4.30. The van der Waals surface area contributed by atoms with Crippen molar-refractivity contribution in [2.45, 2.75) is 13.0 Å². The summed E-state index contributed by atoms with van der Waals surface area (Å²) in [4.78, 5) is 27.1. The number of halogens is 2.